The lowest BCUT2D eigenvalue weighted by molar-refractivity contribution is 0.363. The molecule has 19 heavy (non-hydrogen) atoms. The largest absolute Gasteiger partial charge is 0.496 e. The lowest BCUT2D eigenvalue weighted by Crippen LogP contribution is -2.22. The Bertz CT molecular complexity index is 407. The lowest BCUT2D eigenvalue weighted by atomic mass is 9.90. The van der Waals surface area contributed by atoms with Crippen LogP contribution in [0.25, 0.3) is 0 Å². The van der Waals surface area contributed by atoms with Crippen LogP contribution in [0.5, 0.6) is 5.75 Å². The van der Waals surface area contributed by atoms with E-state index < -0.39 is 0 Å². The smallest absolute Gasteiger partial charge is 0.123 e. The summed E-state index contributed by atoms with van der Waals surface area (Å²) in [4.78, 5) is 0. The van der Waals surface area contributed by atoms with E-state index in [0.29, 0.717) is 6.04 Å². The summed E-state index contributed by atoms with van der Waals surface area (Å²) in [5, 5.41) is 4.20. The van der Waals surface area contributed by atoms with Gasteiger partial charge in [-0.3, -0.25) is 0 Å². The van der Waals surface area contributed by atoms with Crippen LogP contribution in [0.1, 0.15) is 30.9 Å². The number of rotatable bonds is 5. The predicted octanol–water partition coefficient (Wildman–Crippen LogP) is 4.14. The molecule has 1 aromatic carbocycles. The summed E-state index contributed by atoms with van der Waals surface area (Å²) in [6, 6.07) is 6.19. The molecule has 106 valence electrons. The second kappa shape index (κ2) is 7.41. The van der Waals surface area contributed by atoms with E-state index in [1.165, 1.54) is 29.9 Å². The normalized spacial score (nSPS) is 18.3. The molecule has 0 aliphatic carbocycles. The molecule has 1 fully saturated rings. The average molecular weight is 300 g/mol. The molecular weight excluding hydrogens is 278 g/mol. The standard InChI is InChI=1S/C15H22ClNOS/c1-17-14(9-11-5-7-19-8-6-11)13-10-12(16)3-4-15(13)18-2/h3-4,10-11,14,17H,5-9H2,1-2H3. The topological polar surface area (TPSA) is 21.3 Å². The maximum absolute atomic E-state index is 6.13. The molecule has 1 aliphatic rings. The number of ether oxygens (including phenoxy) is 1. The van der Waals surface area contributed by atoms with Gasteiger partial charge < -0.3 is 10.1 Å². The van der Waals surface area contributed by atoms with Crippen LogP contribution in [0.2, 0.25) is 5.02 Å². The Morgan fingerprint density at radius 3 is 2.79 bits per heavy atom. The molecule has 1 heterocycles. The highest BCUT2D eigenvalue weighted by atomic mass is 35.5. The van der Waals surface area contributed by atoms with Crippen molar-refractivity contribution in [3.8, 4) is 5.75 Å². The molecule has 1 unspecified atom stereocenters. The van der Waals surface area contributed by atoms with E-state index >= 15 is 0 Å². The molecule has 1 saturated heterocycles. The lowest BCUT2D eigenvalue weighted by Gasteiger charge is -2.27. The first kappa shape index (κ1) is 15.0. The van der Waals surface area contributed by atoms with Crippen molar-refractivity contribution in [2.45, 2.75) is 25.3 Å². The van der Waals surface area contributed by atoms with Crippen LogP contribution in [0.4, 0.5) is 0 Å². The number of methoxy groups -OCH3 is 1. The summed E-state index contributed by atoms with van der Waals surface area (Å²) < 4.78 is 5.47. The summed E-state index contributed by atoms with van der Waals surface area (Å²) in [5.41, 5.74) is 1.18. The molecule has 0 saturated carbocycles. The molecule has 1 N–H and O–H groups in total. The average Bonchev–Trinajstić information content (AvgIpc) is 2.46. The maximum Gasteiger partial charge on any atom is 0.123 e. The second-order valence-corrected chi connectivity index (χ2v) is 6.68. The van der Waals surface area contributed by atoms with Gasteiger partial charge in [-0.25, -0.2) is 0 Å². The fraction of sp³-hybridized carbons (Fsp3) is 0.600. The highest BCUT2D eigenvalue weighted by molar-refractivity contribution is 7.99. The first-order valence-electron chi connectivity index (χ1n) is 6.83. The molecule has 0 amide bonds. The fourth-order valence-corrected chi connectivity index (χ4v) is 4.08. The SMILES string of the molecule is CNC(CC1CCSCC1)c1cc(Cl)ccc1OC. The van der Waals surface area contributed by atoms with Crippen LogP contribution in [0.15, 0.2) is 18.2 Å². The predicted molar refractivity (Wildman–Crippen MR) is 84.5 cm³/mol. The Hall–Kier alpha value is -0.380. The van der Waals surface area contributed by atoms with Gasteiger partial charge in [-0.1, -0.05) is 11.6 Å². The number of hydrogen-bond acceptors (Lipinski definition) is 3. The van der Waals surface area contributed by atoms with Gasteiger partial charge in [-0.05, 0) is 61.9 Å². The molecule has 1 atom stereocenters. The first-order valence-corrected chi connectivity index (χ1v) is 8.36. The first-order chi connectivity index (χ1) is 9.24. The molecular formula is C15H22ClNOS. The third-order valence-corrected chi connectivity index (χ3v) is 5.11. The minimum atomic E-state index is 0.321. The van der Waals surface area contributed by atoms with Crippen LogP contribution in [-0.2, 0) is 0 Å². The molecule has 1 aromatic rings. The number of nitrogens with one attached hydrogen (secondary N) is 1. The Morgan fingerprint density at radius 1 is 1.42 bits per heavy atom. The highest BCUT2D eigenvalue weighted by Gasteiger charge is 2.21. The third-order valence-electron chi connectivity index (χ3n) is 3.83. The van der Waals surface area contributed by atoms with Gasteiger partial charge in [0, 0.05) is 16.6 Å². The van der Waals surface area contributed by atoms with Gasteiger partial charge in [0.05, 0.1) is 7.11 Å². The van der Waals surface area contributed by atoms with Gasteiger partial charge in [0.2, 0.25) is 0 Å². The van der Waals surface area contributed by atoms with Crippen molar-refractivity contribution in [3.63, 3.8) is 0 Å². The Labute approximate surface area is 125 Å². The van der Waals surface area contributed by atoms with Gasteiger partial charge in [0.1, 0.15) is 5.75 Å². The van der Waals surface area contributed by atoms with Gasteiger partial charge in [-0.15, -0.1) is 0 Å². The monoisotopic (exact) mass is 299 g/mol. The van der Waals surface area contributed by atoms with Crippen LogP contribution >= 0.6 is 23.4 Å². The van der Waals surface area contributed by atoms with E-state index in [0.717, 1.165) is 23.1 Å². The van der Waals surface area contributed by atoms with Crippen molar-refractivity contribution in [2.24, 2.45) is 5.92 Å². The van der Waals surface area contributed by atoms with E-state index in [1.54, 1.807) is 7.11 Å². The van der Waals surface area contributed by atoms with Crippen LogP contribution < -0.4 is 10.1 Å². The molecule has 0 bridgehead atoms. The molecule has 2 rings (SSSR count). The van der Waals surface area contributed by atoms with Gasteiger partial charge in [0.15, 0.2) is 0 Å². The highest BCUT2D eigenvalue weighted by Crippen LogP contribution is 2.35. The maximum atomic E-state index is 6.13. The van der Waals surface area contributed by atoms with E-state index in [-0.39, 0.29) is 0 Å². The van der Waals surface area contributed by atoms with Crippen molar-refractivity contribution in [3.05, 3.63) is 28.8 Å². The van der Waals surface area contributed by atoms with E-state index in [2.05, 4.69) is 17.1 Å². The fourth-order valence-electron chi connectivity index (χ4n) is 2.69. The van der Waals surface area contributed by atoms with Crippen LogP contribution in [-0.4, -0.2) is 25.7 Å². The summed E-state index contributed by atoms with van der Waals surface area (Å²) in [7, 11) is 3.74. The van der Waals surface area contributed by atoms with Gasteiger partial charge in [0.25, 0.3) is 0 Å². The van der Waals surface area contributed by atoms with E-state index in [9.17, 15) is 0 Å². The number of benzene rings is 1. The number of hydrogen-bond donors (Lipinski definition) is 1. The third kappa shape index (κ3) is 4.04. The van der Waals surface area contributed by atoms with Crippen molar-refractivity contribution in [1.82, 2.24) is 5.32 Å². The van der Waals surface area contributed by atoms with Crippen LogP contribution in [0.3, 0.4) is 0 Å². The van der Waals surface area contributed by atoms with Crippen molar-refractivity contribution in [1.29, 1.82) is 0 Å². The zero-order valence-corrected chi connectivity index (χ0v) is 13.2. The summed E-state index contributed by atoms with van der Waals surface area (Å²) in [5.74, 6) is 4.33. The quantitative estimate of drug-likeness (QED) is 0.883. The molecule has 0 aromatic heterocycles. The van der Waals surface area contributed by atoms with Crippen molar-refractivity contribution in [2.75, 3.05) is 25.7 Å². The molecule has 4 heteroatoms. The van der Waals surface area contributed by atoms with Gasteiger partial charge >= 0.3 is 0 Å². The van der Waals surface area contributed by atoms with Gasteiger partial charge in [-0.2, -0.15) is 11.8 Å². The summed E-state index contributed by atoms with van der Waals surface area (Å²) in [6.45, 7) is 0. The summed E-state index contributed by atoms with van der Waals surface area (Å²) in [6.07, 6.45) is 3.81. The number of halogens is 1. The Morgan fingerprint density at radius 2 is 2.16 bits per heavy atom. The second-order valence-electron chi connectivity index (χ2n) is 5.02. The minimum absolute atomic E-state index is 0.321. The molecule has 2 nitrogen and oxygen atoms in total. The van der Waals surface area contributed by atoms with E-state index in [1.807, 2.05) is 25.2 Å². The molecule has 0 spiro atoms. The summed E-state index contributed by atoms with van der Waals surface area (Å²) >= 11 is 8.20. The molecule has 1 aliphatic heterocycles. The van der Waals surface area contributed by atoms with Crippen molar-refractivity contribution >= 4 is 23.4 Å². The van der Waals surface area contributed by atoms with Crippen LogP contribution in [0, 0.1) is 5.92 Å². The van der Waals surface area contributed by atoms with Crippen molar-refractivity contribution < 1.29 is 4.74 Å². The zero-order valence-electron chi connectivity index (χ0n) is 11.6. The zero-order chi connectivity index (χ0) is 13.7. The Kier molecular flexibility index (Phi) is 5.86. The minimum Gasteiger partial charge on any atom is -0.496 e. The Balaban J connectivity index is 2.13. The van der Waals surface area contributed by atoms with E-state index in [4.69, 9.17) is 16.3 Å². The molecule has 0 radical (unpaired) electrons. The number of thioether (sulfide) groups is 1.